The average Bonchev–Trinajstić information content (AvgIpc) is 2.68. The van der Waals surface area contributed by atoms with Gasteiger partial charge in [0.1, 0.15) is 11.5 Å². The SMILES string of the molecule is O=C(O)c1cc(Oc2ccc(C#Cc3ccccc3)cc2)cc(C(=O)O)c1. The van der Waals surface area contributed by atoms with Gasteiger partial charge in [0.25, 0.3) is 0 Å². The molecule has 0 amide bonds. The molecule has 0 aliphatic rings. The first-order valence-electron chi connectivity index (χ1n) is 7.98. The van der Waals surface area contributed by atoms with Crippen LogP contribution in [0.15, 0.2) is 72.8 Å². The van der Waals surface area contributed by atoms with Crippen molar-refractivity contribution in [1.82, 2.24) is 0 Å². The van der Waals surface area contributed by atoms with E-state index in [0.717, 1.165) is 17.2 Å². The third-order valence-corrected chi connectivity index (χ3v) is 3.62. The Hall–Kier alpha value is -4.04. The Bertz CT molecular complexity index is 1010. The maximum absolute atomic E-state index is 11.2. The Kier molecular flexibility index (Phi) is 5.20. The summed E-state index contributed by atoms with van der Waals surface area (Å²) in [4.78, 5) is 22.3. The molecule has 0 saturated heterocycles. The number of rotatable bonds is 4. The highest BCUT2D eigenvalue weighted by Crippen LogP contribution is 2.24. The number of aromatic carboxylic acids is 2. The predicted molar refractivity (Wildman–Crippen MR) is 99.3 cm³/mol. The molecule has 3 rings (SSSR count). The summed E-state index contributed by atoms with van der Waals surface area (Å²) >= 11 is 0. The quantitative estimate of drug-likeness (QED) is 0.680. The molecule has 5 heteroatoms. The molecule has 3 aromatic rings. The van der Waals surface area contributed by atoms with Crippen molar-refractivity contribution in [2.75, 3.05) is 0 Å². The van der Waals surface area contributed by atoms with Crippen LogP contribution in [0.4, 0.5) is 0 Å². The number of carboxylic acid groups (broad SMARTS) is 2. The lowest BCUT2D eigenvalue weighted by Crippen LogP contribution is -2.03. The fourth-order valence-electron chi connectivity index (χ4n) is 2.31. The van der Waals surface area contributed by atoms with E-state index in [9.17, 15) is 9.59 Å². The van der Waals surface area contributed by atoms with Gasteiger partial charge in [0.05, 0.1) is 11.1 Å². The van der Waals surface area contributed by atoms with Gasteiger partial charge in [-0.25, -0.2) is 9.59 Å². The van der Waals surface area contributed by atoms with E-state index < -0.39 is 11.9 Å². The van der Waals surface area contributed by atoms with Crippen molar-refractivity contribution in [2.45, 2.75) is 0 Å². The van der Waals surface area contributed by atoms with Gasteiger partial charge in [-0.15, -0.1) is 0 Å². The average molecular weight is 358 g/mol. The van der Waals surface area contributed by atoms with E-state index in [-0.39, 0.29) is 16.9 Å². The van der Waals surface area contributed by atoms with Crippen molar-refractivity contribution in [3.63, 3.8) is 0 Å². The summed E-state index contributed by atoms with van der Waals surface area (Å²) in [6, 6.07) is 20.1. The summed E-state index contributed by atoms with van der Waals surface area (Å²) in [5, 5.41) is 18.2. The normalized spacial score (nSPS) is 9.78. The lowest BCUT2D eigenvalue weighted by atomic mass is 10.1. The highest BCUT2D eigenvalue weighted by Gasteiger charge is 2.12. The standard InChI is InChI=1S/C22H14O5/c23-21(24)17-12-18(22(25)26)14-20(13-17)27-19-10-8-16(9-11-19)7-6-15-4-2-1-3-5-15/h1-5,8-14H,(H,23,24)(H,25,26). The largest absolute Gasteiger partial charge is 0.478 e. The van der Waals surface area contributed by atoms with E-state index in [2.05, 4.69) is 11.8 Å². The van der Waals surface area contributed by atoms with Crippen LogP contribution in [0.5, 0.6) is 11.5 Å². The van der Waals surface area contributed by atoms with Crippen LogP contribution >= 0.6 is 0 Å². The van der Waals surface area contributed by atoms with E-state index in [0.29, 0.717) is 5.75 Å². The summed E-state index contributed by atoms with van der Waals surface area (Å²) in [6.07, 6.45) is 0. The monoisotopic (exact) mass is 358 g/mol. The lowest BCUT2D eigenvalue weighted by Gasteiger charge is -2.08. The first-order chi connectivity index (χ1) is 13.0. The van der Waals surface area contributed by atoms with Gasteiger partial charge < -0.3 is 14.9 Å². The highest BCUT2D eigenvalue weighted by atomic mass is 16.5. The first kappa shape index (κ1) is 17.8. The van der Waals surface area contributed by atoms with Crippen LogP contribution in [0.3, 0.4) is 0 Å². The third kappa shape index (κ3) is 4.74. The van der Waals surface area contributed by atoms with Crippen LogP contribution in [0.2, 0.25) is 0 Å². The van der Waals surface area contributed by atoms with Gasteiger partial charge in [-0.1, -0.05) is 30.0 Å². The molecule has 0 saturated carbocycles. The molecule has 3 aromatic carbocycles. The maximum Gasteiger partial charge on any atom is 0.335 e. The molecular weight excluding hydrogens is 344 g/mol. The number of benzene rings is 3. The molecule has 0 atom stereocenters. The van der Waals surface area contributed by atoms with Crippen molar-refractivity contribution < 1.29 is 24.5 Å². The molecule has 0 spiro atoms. The Morgan fingerprint density at radius 2 is 1.19 bits per heavy atom. The molecule has 0 heterocycles. The summed E-state index contributed by atoms with van der Waals surface area (Å²) in [6.45, 7) is 0. The van der Waals surface area contributed by atoms with E-state index in [1.807, 2.05) is 30.3 Å². The molecule has 0 aromatic heterocycles. The molecule has 132 valence electrons. The fourth-order valence-corrected chi connectivity index (χ4v) is 2.31. The van der Waals surface area contributed by atoms with Gasteiger partial charge in [-0.05, 0) is 54.6 Å². The lowest BCUT2D eigenvalue weighted by molar-refractivity contribution is 0.0696. The second-order valence-electron chi connectivity index (χ2n) is 5.60. The van der Waals surface area contributed by atoms with Crippen molar-refractivity contribution in [3.05, 3.63) is 95.1 Å². The van der Waals surface area contributed by atoms with E-state index in [1.54, 1.807) is 24.3 Å². The molecule has 0 unspecified atom stereocenters. The summed E-state index contributed by atoms with van der Waals surface area (Å²) in [7, 11) is 0. The molecule has 0 radical (unpaired) electrons. The van der Waals surface area contributed by atoms with E-state index in [4.69, 9.17) is 14.9 Å². The molecule has 0 fully saturated rings. The van der Waals surface area contributed by atoms with Crippen LogP contribution < -0.4 is 4.74 Å². The van der Waals surface area contributed by atoms with Crippen LogP contribution in [-0.4, -0.2) is 22.2 Å². The van der Waals surface area contributed by atoms with Crippen molar-refractivity contribution in [3.8, 4) is 23.3 Å². The molecular formula is C22H14O5. The van der Waals surface area contributed by atoms with Gasteiger partial charge in [0.2, 0.25) is 0 Å². The molecule has 2 N–H and O–H groups in total. The zero-order chi connectivity index (χ0) is 19.2. The molecule has 0 aliphatic carbocycles. The fraction of sp³-hybridized carbons (Fsp3) is 0. The van der Waals surface area contributed by atoms with Crippen LogP contribution in [0.25, 0.3) is 0 Å². The van der Waals surface area contributed by atoms with Crippen LogP contribution in [0.1, 0.15) is 31.8 Å². The van der Waals surface area contributed by atoms with Crippen LogP contribution in [0, 0.1) is 11.8 Å². The van der Waals surface area contributed by atoms with Gasteiger partial charge in [-0.2, -0.15) is 0 Å². The predicted octanol–water partition coefficient (Wildman–Crippen LogP) is 4.28. The van der Waals surface area contributed by atoms with E-state index in [1.165, 1.54) is 12.1 Å². The molecule has 0 bridgehead atoms. The summed E-state index contributed by atoms with van der Waals surface area (Å²) in [5.74, 6) is 4.21. The number of carboxylic acids is 2. The minimum absolute atomic E-state index is 0.135. The molecule has 0 aliphatic heterocycles. The van der Waals surface area contributed by atoms with E-state index >= 15 is 0 Å². The Morgan fingerprint density at radius 1 is 0.667 bits per heavy atom. The third-order valence-electron chi connectivity index (χ3n) is 3.62. The maximum atomic E-state index is 11.2. The van der Waals surface area contributed by atoms with Gasteiger partial charge in [0.15, 0.2) is 0 Å². The zero-order valence-corrected chi connectivity index (χ0v) is 14.0. The minimum atomic E-state index is -1.23. The Balaban J connectivity index is 1.80. The molecule has 27 heavy (non-hydrogen) atoms. The van der Waals surface area contributed by atoms with Gasteiger partial charge in [0, 0.05) is 11.1 Å². The zero-order valence-electron chi connectivity index (χ0n) is 14.0. The topological polar surface area (TPSA) is 83.8 Å². The Labute approximate surface area is 155 Å². The Morgan fingerprint density at radius 3 is 1.70 bits per heavy atom. The van der Waals surface area contributed by atoms with Crippen molar-refractivity contribution in [2.24, 2.45) is 0 Å². The number of ether oxygens (including phenoxy) is 1. The number of hydrogen-bond acceptors (Lipinski definition) is 3. The smallest absolute Gasteiger partial charge is 0.335 e. The summed E-state index contributed by atoms with van der Waals surface area (Å²) < 4.78 is 5.60. The van der Waals surface area contributed by atoms with Crippen molar-refractivity contribution >= 4 is 11.9 Å². The second-order valence-corrected chi connectivity index (χ2v) is 5.60. The summed E-state index contributed by atoms with van der Waals surface area (Å²) in [5.41, 5.74) is 1.38. The number of hydrogen-bond donors (Lipinski definition) is 2. The van der Waals surface area contributed by atoms with Gasteiger partial charge in [-0.3, -0.25) is 0 Å². The first-order valence-corrected chi connectivity index (χ1v) is 7.98. The van der Waals surface area contributed by atoms with Gasteiger partial charge >= 0.3 is 11.9 Å². The second kappa shape index (κ2) is 7.89. The highest BCUT2D eigenvalue weighted by molar-refractivity contribution is 5.94. The van der Waals surface area contributed by atoms with Crippen LogP contribution in [-0.2, 0) is 0 Å². The minimum Gasteiger partial charge on any atom is -0.478 e. The molecule has 5 nitrogen and oxygen atoms in total. The number of carbonyl (C=O) groups is 2. The van der Waals surface area contributed by atoms with Crippen molar-refractivity contribution in [1.29, 1.82) is 0 Å².